The van der Waals surface area contributed by atoms with Gasteiger partial charge in [-0.15, -0.1) is 0 Å². The molecule has 0 spiro atoms. The summed E-state index contributed by atoms with van der Waals surface area (Å²) in [5.74, 6) is 1.42. The highest BCUT2D eigenvalue weighted by Crippen LogP contribution is 2.28. The van der Waals surface area contributed by atoms with E-state index in [4.69, 9.17) is 14.2 Å². The Morgan fingerprint density at radius 3 is 2.32 bits per heavy atom. The lowest BCUT2D eigenvalue weighted by Gasteiger charge is -2.12. The number of benzene rings is 2. The molecule has 2 rings (SSSR count). The molecule has 0 saturated carbocycles. The topological polar surface area (TPSA) is 80.5 Å². The van der Waals surface area contributed by atoms with Crippen LogP contribution in [0.15, 0.2) is 47.6 Å². The van der Waals surface area contributed by atoms with Crippen LogP contribution in [0.4, 0.5) is 0 Å². The van der Waals surface area contributed by atoms with Gasteiger partial charge in [0.1, 0.15) is 12.3 Å². The van der Waals surface area contributed by atoms with E-state index in [0.29, 0.717) is 22.8 Å². The molecule has 0 aliphatic carbocycles. The second-order valence-electron chi connectivity index (χ2n) is 4.37. The number of nitrogens with zero attached hydrogens (tertiary/aromatic N) is 1. The van der Waals surface area contributed by atoms with E-state index in [9.17, 15) is 10.3 Å². The lowest BCUT2D eigenvalue weighted by atomic mass is 10.1. The van der Waals surface area contributed by atoms with Gasteiger partial charge in [-0.3, -0.25) is 0 Å². The predicted molar refractivity (Wildman–Crippen MR) is 81.5 cm³/mol. The van der Waals surface area contributed by atoms with Crippen LogP contribution in [0.5, 0.6) is 23.0 Å². The van der Waals surface area contributed by atoms with Gasteiger partial charge in [0, 0.05) is 5.56 Å². The lowest BCUT2D eigenvalue weighted by Crippen LogP contribution is -2.13. The van der Waals surface area contributed by atoms with Crippen LogP contribution in [0, 0.1) is 0 Å². The van der Waals surface area contributed by atoms with Crippen molar-refractivity contribution in [1.82, 2.24) is 0 Å². The van der Waals surface area contributed by atoms with E-state index >= 15 is 0 Å². The highest BCUT2D eigenvalue weighted by Gasteiger charge is 2.11. The largest absolute Gasteiger partial charge is 0.504 e. The standard InChI is InChI=1S/C16H17NO5/c1-20-14-5-3-4-6-15(14)22-10-12(17-19)11-7-8-13(18)16(9-11)21-2/h3-9,18-19H,10H2,1-2H3. The fourth-order valence-electron chi connectivity index (χ4n) is 1.91. The minimum Gasteiger partial charge on any atom is -0.504 e. The van der Waals surface area contributed by atoms with Crippen LogP contribution in [-0.4, -0.2) is 36.9 Å². The molecule has 0 aliphatic rings. The Bertz CT molecular complexity index is 669. The van der Waals surface area contributed by atoms with Crippen molar-refractivity contribution >= 4 is 5.71 Å². The maximum atomic E-state index is 9.59. The average molecular weight is 303 g/mol. The number of hydrogen-bond acceptors (Lipinski definition) is 6. The maximum absolute atomic E-state index is 9.59. The fraction of sp³-hybridized carbons (Fsp3) is 0.188. The predicted octanol–water partition coefficient (Wildman–Crippen LogP) is 2.67. The van der Waals surface area contributed by atoms with Crippen molar-refractivity contribution in [2.45, 2.75) is 0 Å². The number of para-hydroxylation sites is 2. The van der Waals surface area contributed by atoms with Crippen molar-refractivity contribution in [3.63, 3.8) is 0 Å². The zero-order valence-electron chi connectivity index (χ0n) is 12.3. The highest BCUT2D eigenvalue weighted by molar-refractivity contribution is 6.01. The average Bonchev–Trinajstić information content (AvgIpc) is 2.57. The summed E-state index contributed by atoms with van der Waals surface area (Å²) in [5, 5.41) is 22.0. The number of aromatic hydroxyl groups is 1. The quantitative estimate of drug-likeness (QED) is 0.487. The molecule has 0 atom stereocenters. The molecule has 0 bridgehead atoms. The van der Waals surface area contributed by atoms with Gasteiger partial charge in [0.2, 0.25) is 0 Å². The van der Waals surface area contributed by atoms with Gasteiger partial charge >= 0.3 is 0 Å². The summed E-state index contributed by atoms with van der Waals surface area (Å²) >= 11 is 0. The Morgan fingerprint density at radius 2 is 1.68 bits per heavy atom. The molecule has 2 N–H and O–H groups in total. The third-order valence-electron chi connectivity index (χ3n) is 3.07. The van der Waals surface area contributed by atoms with Crippen molar-refractivity contribution in [2.75, 3.05) is 20.8 Å². The molecule has 6 nitrogen and oxygen atoms in total. The molecule has 2 aromatic carbocycles. The number of phenols is 1. The lowest BCUT2D eigenvalue weighted by molar-refractivity contribution is 0.302. The highest BCUT2D eigenvalue weighted by atomic mass is 16.5. The molecule has 22 heavy (non-hydrogen) atoms. The van der Waals surface area contributed by atoms with E-state index in [1.54, 1.807) is 31.4 Å². The summed E-state index contributed by atoms with van der Waals surface area (Å²) < 4.78 is 15.8. The summed E-state index contributed by atoms with van der Waals surface area (Å²) in [6, 6.07) is 11.8. The van der Waals surface area contributed by atoms with Gasteiger partial charge in [-0.1, -0.05) is 17.3 Å². The minimum atomic E-state index is 0.00851. The van der Waals surface area contributed by atoms with Gasteiger partial charge in [0.15, 0.2) is 23.0 Å². The first-order chi connectivity index (χ1) is 10.7. The Morgan fingerprint density at radius 1 is 1.00 bits per heavy atom. The molecule has 116 valence electrons. The summed E-state index contributed by atoms with van der Waals surface area (Å²) in [6.45, 7) is 0.0325. The van der Waals surface area contributed by atoms with Crippen molar-refractivity contribution < 1.29 is 24.5 Å². The number of rotatable bonds is 6. The van der Waals surface area contributed by atoms with Gasteiger partial charge in [-0.25, -0.2) is 0 Å². The number of oxime groups is 1. The van der Waals surface area contributed by atoms with E-state index in [1.165, 1.54) is 13.2 Å². The molecule has 0 radical (unpaired) electrons. The first kappa shape index (κ1) is 15.5. The van der Waals surface area contributed by atoms with Gasteiger partial charge < -0.3 is 24.5 Å². The number of phenolic OH excluding ortho intramolecular Hbond substituents is 1. The van der Waals surface area contributed by atoms with E-state index in [1.807, 2.05) is 12.1 Å². The monoisotopic (exact) mass is 303 g/mol. The Kier molecular flexibility index (Phi) is 5.08. The summed E-state index contributed by atoms with van der Waals surface area (Å²) in [5.41, 5.74) is 0.872. The normalized spacial score (nSPS) is 11.1. The molecule has 0 fully saturated rings. The molecule has 0 saturated heterocycles. The Hall–Kier alpha value is -2.89. The van der Waals surface area contributed by atoms with Crippen LogP contribution >= 0.6 is 0 Å². The minimum absolute atomic E-state index is 0.00851. The zero-order chi connectivity index (χ0) is 15.9. The number of hydrogen-bond donors (Lipinski definition) is 2. The molecule has 0 heterocycles. The van der Waals surface area contributed by atoms with Crippen molar-refractivity contribution in [3.05, 3.63) is 48.0 Å². The zero-order valence-corrected chi connectivity index (χ0v) is 12.3. The molecule has 0 amide bonds. The Labute approximate surface area is 128 Å². The van der Waals surface area contributed by atoms with Gasteiger partial charge in [0.05, 0.1) is 14.2 Å². The van der Waals surface area contributed by atoms with Gasteiger partial charge in [0.25, 0.3) is 0 Å². The van der Waals surface area contributed by atoms with E-state index in [-0.39, 0.29) is 18.1 Å². The first-order valence-corrected chi connectivity index (χ1v) is 6.53. The summed E-state index contributed by atoms with van der Waals surface area (Å²) in [6.07, 6.45) is 0. The van der Waals surface area contributed by atoms with Crippen LogP contribution in [0.2, 0.25) is 0 Å². The molecule has 6 heteroatoms. The van der Waals surface area contributed by atoms with Crippen LogP contribution in [0.1, 0.15) is 5.56 Å². The number of ether oxygens (including phenoxy) is 3. The van der Waals surface area contributed by atoms with Crippen molar-refractivity contribution in [3.8, 4) is 23.0 Å². The van der Waals surface area contributed by atoms with Crippen LogP contribution in [-0.2, 0) is 0 Å². The van der Waals surface area contributed by atoms with E-state index < -0.39 is 0 Å². The second kappa shape index (κ2) is 7.21. The molecule has 0 aromatic heterocycles. The SMILES string of the molecule is COc1cc(C(COc2ccccc2OC)=NO)ccc1O. The molecule has 0 unspecified atom stereocenters. The van der Waals surface area contributed by atoms with E-state index in [0.717, 1.165) is 0 Å². The third-order valence-corrected chi connectivity index (χ3v) is 3.07. The second-order valence-corrected chi connectivity index (χ2v) is 4.37. The van der Waals surface area contributed by atoms with Crippen LogP contribution < -0.4 is 14.2 Å². The van der Waals surface area contributed by atoms with Crippen LogP contribution in [0.25, 0.3) is 0 Å². The summed E-state index contributed by atoms with van der Waals surface area (Å²) in [7, 11) is 2.99. The first-order valence-electron chi connectivity index (χ1n) is 6.53. The van der Waals surface area contributed by atoms with E-state index in [2.05, 4.69) is 5.16 Å². The van der Waals surface area contributed by atoms with Crippen molar-refractivity contribution in [1.29, 1.82) is 0 Å². The van der Waals surface area contributed by atoms with Gasteiger partial charge in [-0.05, 0) is 30.3 Å². The molecular formula is C16H17NO5. The molecule has 2 aromatic rings. The summed E-state index contributed by atoms with van der Waals surface area (Å²) in [4.78, 5) is 0. The Balaban J connectivity index is 2.16. The fourth-order valence-corrected chi connectivity index (χ4v) is 1.91. The maximum Gasteiger partial charge on any atom is 0.161 e. The smallest absolute Gasteiger partial charge is 0.161 e. The van der Waals surface area contributed by atoms with Crippen molar-refractivity contribution in [2.24, 2.45) is 5.16 Å². The number of methoxy groups -OCH3 is 2. The van der Waals surface area contributed by atoms with Crippen LogP contribution in [0.3, 0.4) is 0 Å². The molecule has 0 aliphatic heterocycles. The third kappa shape index (κ3) is 3.41. The molecular weight excluding hydrogens is 286 g/mol. The van der Waals surface area contributed by atoms with Gasteiger partial charge in [-0.2, -0.15) is 0 Å².